The molecule has 0 aliphatic carbocycles. The van der Waals surface area contributed by atoms with E-state index in [0.29, 0.717) is 5.57 Å². The Hall–Kier alpha value is -1.92. The molecular weight excluding hydrogens is 348 g/mol. The molecular formula is C16H13BrN2O3. The van der Waals surface area contributed by atoms with Gasteiger partial charge in [-0.3, -0.25) is 0 Å². The predicted octanol–water partition coefficient (Wildman–Crippen LogP) is 1.49. The van der Waals surface area contributed by atoms with Crippen LogP contribution >= 0.6 is 15.9 Å². The summed E-state index contributed by atoms with van der Waals surface area (Å²) in [5, 5.41) is 11.3. The molecule has 5 nitrogen and oxygen atoms in total. The summed E-state index contributed by atoms with van der Waals surface area (Å²) in [4.78, 5) is 17.9. The van der Waals surface area contributed by atoms with Crippen LogP contribution in [0.25, 0.3) is 6.08 Å². The Kier molecular flexibility index (Phi) is 2.68. The Morgan fingerprint density at radius 2 is 2.32 bits per heavy atom. The number of carboxylic acid groups (broad SMARTS) is 1. The zero-order chi connectivity index (χ0) is 15.6. The average molecular weight is 361 g/mol. The van der Waals surface area contributed by atoms with Crippen LogP contribution in [0.15, 0.2) is 50.7 Å². The van der Waals surface area contributed by atoms with E-state index < -0.39 is 11.7 Å². The maximum absolute atomic E-state index is 11.4. The van der Waals surface area contributed by atoms with Gasteiger partial charge in [0.25, 0.3) is 0 Å². The highest BCUT2D eigenvalue weighted by Gasteiger charge is 2.61. The Morgan fingerprint density at radius 1 is 1.55 bits per heavy atom. The topological polar surface area (TPSA) is 62.1 Å². The van der Waals surface area contributed by atoms with Crippen LogP contribution in [0.5, 0.6) is 0 Å². The van der Waals surface area contributed by atoms with Crippen molar-refractivity contribution >= 4 is 28.0 Å². The molecule has 22 heavy (non-hydrogen) atoms. The molecule has 2 bridgehead atoms. The van der Waals surface area contributed by atoms with Gasteiger partial charge < -0.3 is 14.7 Å². The number of carbonyl (C=O) groups is 1. The summed E-state index contributed by atoms with van der Waals surface area (Å²) in [6.07, 6.45) is 3.56. The van der Waals surface area contributed by atoms with E-state index in [1.54, 1.807) is 13.8 Å². The molecule has 5 rings (SSSR count). The number of nitrogens with zero attached hydrogens (tertiary/aromatic N) is 2. The minimum atomic E-state index is -0.928. The highest BCUT2D eigenvalue weighted by Crippen LogP contribution is 2.51. The second-order valence-corrected chi connectivity index (χ2v) is 6.65. The minimum absolute atomic E-state index is 0.303. The van der Waals surface area contributed by atoms with Crippen LogP contribution in [0.1, 0.15) is 13.8 Å². The van der Waals surface area contributed by atoms with Gasteiger partial charge in [0.1, 0.15) is 0 Å². The first-order valence-corrected chi connectivity index (χ1v) is 7.68. The predicted molar refractivity (Wildman–Crippen MR) is 82.9 cm³/mol. The highest BCUT2D eigenvalue weighted by molar-refractivity contribution is 9.10. The quantitative estimate of drug-likeness (QED) is 0.867. The van der Waals surface area contributed by atoms with Crippen molar-refractivity contribution in [2.75, 3.05) is 0 Å². The number of hydrogen-bond donors (Lipinski definition) is 1. The lowest BCUT2D eigenvalue weighted by atomic mass is 10.1. The molecule has 6 heteroatoms. The first kappa shape index (κ1) is 13.7. The fraction of sp³-hybridized carbons (Fsp3) is 0.250. The smallest absolute Gasteiger partial charge is 0.336 e. The molecule has 1 fully saturated rings. The van der Waals surface area contributed by atoms with E-state index in [1.165, 1.54) is 0 Å². The van der Waals surface area contributed by atoms with Crippen LogP contribution < -0.4 is 10.6 Å². The molecule has 0 amide bonds. The van der Waals surface area contributed by atoms with Crippen molar-refractivity contribution in [1.82, 2.24) is 4.90 Å². The lowest BCUT2D eigenvalue weighted by Crippen LogP contribution is -2.60. The molecule has 4 heterocycles. The monoisotopic (exact) mass is 360 g/mol. The molecule has 4 aliphatic heterocycles. The summed E-state index contributed by atoms with van der Waals surface area (Å²) in [5.74, 6) is -0.928. The second kappa shape index (κ2) is 4.30. The number of ether oxygens (including phenoxy) is 1. The minimum Gasteiger partial charge on any atom is -0.478 e. The van der Waals surface area contributed by atoms with Gasteiger partial charge in [-0.2, -0.15) is 0 Å². The van der Waals surface area contributed by atoms with E-state index in [1.807, 2.05) is 35.4 Å². The van der Waals surface area contributed by atoms with E-state index >= 15 is 0 Å². The average Bonchev–Trinajstić information content (AvgIpc) is 3.01. The van der Waals surface area contributed by atoms with E-state index in [9.17, 15) is 9.90 Å². The van der Waals surface area contributed by atoms with E-state index in [0.717, 1.165) is 26.3 Å². The Balaban J connectivity index is 1.72. The lowest BCUT2D eigenvalue weighted by molar-refractivity contribution is -0.270. The molecule has 0 spiro atoms. The first-order valence-electron chi connectivity index (χ1n) is 6.89. The maximum atomic E-state index is 11.4. The maximum Gasteiger partial charge on any atom is 0.336 e. The van der Waals surface area contributed by atoms with Gasteiger partial charge in [0.2, 0.25) is 0 Å². The van der Waals surface area contributed by atoms with Crippen molar-refractivity contribution < 1.29 is 14.6 Å². The van der Waals surface area contributed by atoms with Crippen molar-refractivity contribution in [1.29, 1.82) is 0 Å². The van der Waals surface area contributed by atoms with Crippen LogP contribution in [-0.4, -0.2) is 27.9 Å². The molecule has 0 saturated carbocycles. The van der Waals surface area contributed by atoms with Gasteiger partial charge in [0.05, 0.1) is 16.6 Å². The van der Waals surface area contributed by atoms with Crippen LogP contribution in [0.2, 0.25) is 0 Å². The van der Waals surface area contributed by atoms with Crippen molar-refractivity contribution in [2.24, 2.45) is 4.99 Å². The number of aliphatic carboxylic acids is 1. The Labute approximate surface area is 135 Å². The van der Waals surface area contributed by atoms with Gasteiger partial charge >= 0.3 is 5.97 Å². The van der Waals surface area contributed by atoms with Crippen LogP contribution in [0.3, 0.4) is 0 Å². The third-order valence-electron chi connectivity index (χ3n) is 4.34. The molecule has 0 aromatic heterocycles. The van der Waals surface area contributed by atoms with E-state index in [4.69, 9.17) is 4.74 Å². The van der Waals surface area contributed by atoms with Crippen LogP contribution in [0, 0.1) is 0 Å². The van der Waals surface area contributed by atoms with Crippen molar-refractivity contribution in [3.63, 3.8) is 0 Å². The van der Waals surface area contributed by atoms with Crippen molar-refractivity contribution in [3.05, 3.63) is 56.3 Å². The van der Waals surface area contributed by atoms with Crippen LogP contribution in [0.4, 0.5) is 0 Å². The number of benzene rings is 1. The molecule has 112 valence electrons. The van der Waals surface area contributed by atoms with Gasteiger partial charge in [0, 0.05) is 15.9 Å². The molecule has 0 radical (unpaired) electrons. The Morgan fingerprint density at radius 3 is 3.00 bits per heavy atom. The SMILES string of the molecule is CC1=C(C(=O)O)C2(C)OC1N2/C=C1/C=c2cc(Br)ccc2=N1. The second-order valence-electron chi connectivity index (χ2n) is 5.74. The molecule has 4 aliphatic rings. The summed E-state index contributed by atoms with van der Waals surface area (Å²) in [5.41, 5.74) is 0.983. The highest BCUT2D eigenvalue weighted by atomic mass is 79.9. The fourth-order valence-corrected chi connectivity index (χ4v) is 3.70. The van der Waals surface area contributed by atoms with Crippen LogP contribution in [-0.2, 0) is 9.53 Å². The number of allylic oxidation sites excluding steroid dienone is 1. The number of halogens is 1. The summed E-state index contributed by atoms with van der Waals surface area (Å²) in [7, 11) is 0. The van der Waals surface area contributed by atoms with Crippen molar-refractivity contribution in [2.45, 2.75) is 25.8 Å². The summed E-state index contributed by atoms with van der Waals surface area (Å²) >= 11 is 3.45. The lowest BCUT2D eigenvalue weighted by Gasteiger charge is -2.49. The van der Waals surface area contributed by atoms with Crippen molar-refractivity contribution in [3.8, 4) is 0 Å². The number of carboxylic acids is 1. The Bertz CT molecular complexity index is 902. The third-order valence-corrected chi connectivity index (χ3v) is 4.84. The molecule has 1 aromatic rings. The normalized spacial score (nSPS) is 30.0. The van der Waals surface area contributed by atoms with E-state index in [-0.39, 0.29) is 6.23 Å². The first-order chi connectivity index (χ1) is 10.4. The van der Waals surface area contributed by atoms with Gasteiger partial charge in [-0.1, -0.05) is 15.9 Å². The molecule has 1 N–H and O–H groups in total. The number of hydrogen-bond acceptors (Lipinski definition) is 4. The molecule has 2 atom stereocenters. The van der Waals surface area contributed by atoms with Gasteiger partial charge in [-0.05, 0) is 43.7 Å². The summed E-state index contributed by atoms with van der Waals surface area (Å²) in [6.45, 7) is 3.58. The molecule has 2 unspecified atom stereocenters. The zero-order valence-corrected chi connectivity index (χ0v) is 13.6. The van der Waals surface area contributed by atoms with Gasteiger partial charge in [0.15, 0.2) is 12.0 Å². The number of fused-ring (bicyclic) bond motifs is 1. The standard InChI is InChI=1S/C16H13BrN2O3/c1-8-13(15(20)21)16(2)19(14(8)22-16)7-11-6-9-5-10(17)3-4-12(9)18-11/h3-7,14H,1-2H3,(H,20,21)/b11-7-. The zero-order valence-electron chi connectivity index (χ0n) is 12.0. The fourth-order valence-electron chi connectivity index (χ4n) is 3.32. The number of rotatable bonds is 2. The largest absolute Gasteiger partial charge is 0.478 e. The van der Waals surface area contributed by atoms with E-state index in [2.05, 4.69) is 20.9 Å². The van der Waals surface area contributed by atoms with Gasteiger partial charge in [-0.15, -0.1) is 0 Å². The summed E-state index contributed by atoms with van der Waals surface area (Å²) in [6, 6.07) is 5.91. The molecule has 1 saturated heterocycles. The third kappa shape index (κ3) is 1.68. The summed E-state index contributed by atoms with van der Waals surface area (Å²) < 4.78 is 6.71. The van der Waals surface area contributed by atoms with Gasteiger partial charge in [-0.25, -0.2) is 9.79 Å². The molecule has 1 aromatic carbocycles.